The predicted molar refractivity (Wildman–Crippen MR) is 137 cm³/mol. The Hall–Kier alpha value is -3.76. The Balaban J connectivity index is 1.09. The van der Waals surface area contributed by atoms with Crippen molar-refractivity contribution in [2.45, 2.75) is 51.0 Å². The first-order chi connectivity index (χ1) is 18.5. The molecule has 9 nitrogen and oxygen atoms in total. The Labute approximate surface area is 219 Å². The monoisotopic (exact) mass is 519 g/mol. The zero-order valence-corrected chi connectivity index (χ0v) is 21.0. The fourth-order valence-electron chi connectivity index (χ4n) is 5.18. The summed E-state index contributed by atoms with van der Waals surface area (Å²) in [5.74, 6) is 0.0853. The maximum atomic E-state index is 13.1. The van der Waals surface area contributed by atoms with Crippen molar-refractivity contribution < 1.29 is 23.9 Å². The molecule has 0 radical (unpaired) electrons. The second-order valence-corrected chi connectivity index (χ2v) is 10.0. The number of piperidine rings is 1. The maximum Gasteiger partial charge on any atom is 0.335 e. The highest BCUT2D eigenvalue weighted by atomic mass is 19.1. The highest BCUT2D eigenvalue weighted by Crippen LogP contribution is 2.29. The zero-order valence-electron chi connectivity index (χ0n) is 21.0. The molecule has 38 heavy (non-hydrogen) atoms. The van der Waals surface area contributed by atoms with Crippen molar-refractivity contribution >= 4 is 17.0 Å². The standard InChI is InChI=1S/C28H30FN5O4/c29-22-4-1-19(2-5-22)18-38-34-13-9-24(31-34)20-7-11-32(12-8-20)17-27-30-25-6-3-21(28(35)36)15-26(25)33(27)16-23-10-14-37-23/h1-6,9,13,15,20,23H,7-8,10-12,14,16-18H2,(H,35,36)/t23-/m0/s1. The first-order valence-corrected chi connectivity index (χ1v) is 13.0. The van der Waals surface area contributed by atoms with Crippen LogP contribution in [0.5, 0.6) is 0 Å². The van der Waals surface area contributed by atoms with Crippen LogP contribution in [0.25, 0.3) is 11.0 Å². The molecule has 2 aromatic heterocycles. The molecule has 2 fully saturated rings. The molecule has 2 aromatic carbocycles. The molecule has 1 atom stereocenters. The molecule has 198 valence electrons. The van der Waals surface area contributed by atoms with Crippen LogP contribution in [-0.4, -0.2) is 61.3 Å². The molecular weight excluding hydrogens is 489 g/mol. The number of fused-ring (bicyclic) bond motifs is 1. The van der Waals surface area contributed by atoms with Crippen LogP contribution in [0.3, 0.4) is 0 Å². The number of hydrogen-bond donors (Lipinski definition) is 1. The van der Waals surface area contributed by atoms with Crippen molar-refractivity contribution in [3.8, 4) is 0 Å². The van der Waals surface area contributed by atoms with E-state index in [9.17, 15) is 14.3 Å². The van der Waals surface area contributed by atoms with E-state index in [0.717, 1.165) is 67.1 Å². The third kappa shape index (κ3) is 5.27. The molecule has 10 heteroatoms. The smallest absolute Gasteiger partial charge is 0.335 e. The molecule has 0 aliphatic carbocycles. The number of nitrogens with zero attached hydrogens (tertiary/aromatic N) is 5. The van der Waals surface area contributed by atoms with Crippen LogP contribution in [0.1, 0.15) is 52.6 Å². The highest BCUT2D eigenvalue weighted by molar-refractivity contribution is 5.92. The summed E-state index contributed by atoms with van der Waals surface area (Å²) >= 11 is 0. The number of rotatable bonds is 9. The molecule has 4 heterocycles. The van der Waals surface area contributed by atoms with Gasteiger partial charge in [0, 0.05) is 12.5 Å². The minimum absolute atomic E-state index is 0.144. The lowest BCUT2D eigenvalue weighted by atomic mass is 9.94. The Morgan fingerprint density at radius 2 is 1.89 bits per heavy atom. The minimum atomic E-state index is -0.938. The van der Waals surface area contributed by atoms with Crippen LogP contribution in [0.2, 0.25) is 0 Å². The first-order valence-electron chi connectivity index (χ1n) is 13.0. The van der Waals surface area contributed by atoms with E-state index in [1.54, 1.807) is 30.3 Å². The maximum absolute atomic E-state index is 13.1. The average Bonchev–Trinajstić information content (AvgIpc) is 3.50. The van der Waals surface area contributed by atoms with Crippen LogP contribution < -0.4 is 4.84 Å². The van der Waals surface area contributed by atoms with E-state index >= 15 is 0 Å². The van der Waals surface area contributed by atoms with Gasteiger partial charge >= 0.3 is 5.97 Å². The molecule has 2 saturated heterocycles. The van der Waals surface area contributed by atoms with Gasteiger partial charge in [-0.2, -0.15) is 0 Å². The molecule has 0 spiro atoms. The summed E-state index contributed by atoms with van der Waals surface area (Å²) < 4.78 is 20.9. The molecule has 4 aromatic rings. The summed E-state index contributed by atoms with van der Waals surface area (Å²) in [6.07, 6.45) is 4.92. The fourth-order valence-corrected chi connectivity index (χ4v) is 5.18. The minimum Gasteiger partial charge on any atom is -0.478 e. The molecule has 1 N–H and O–H groups in total. The summed E-state index contributed by atoms with van der Waals surface area (Å²) in [6, 6.07) is 13.4. The molecule has 0 unspecified atom stereocenters. The first kappa shape index (κ1) is 24.6. The normalized spacial score (nSPS) is 18.5. The van der Waals surface area contributed by atoms with Gasteiger partial charge in [-0.05, 0) is 74.3 Å². The third-order valence-electron chi connectivity index (χ3n) is 7.49. The van der Waals surface area contributed by atoms with Crippen molar-refractivity contribution in [1.29, 1.82) is 0 Å². The Bertz CT molecular complexity index is 1420. The summed E-state index contributed by atoms with van der Waals surface area (Å²) in [7, 11) is 0. The van der Waals surface area contributed by atoms with Crippen molar-refractivity contribution in [3.05, 3.63) is 83.2 Å². The van der Waals surface area contributed by atoms with Gasteiger partial charge in [-0.15, -0.1) is 9.94 Å². The summed E-state index contributed by atoms with van der Waals surface area (Å²) in [4.78, 5) is 26.0. The zero-order chi connectivity index (χ0) is 26.1. The second-order valence-electron chi connectivity index (χ2n) is 10.0. The molecule has 6 rings (SSSR count). The largest absolute Gasteiger partial charge is 0.478 e. The van der Waals surface area contributed by atoms with Crippen LogP contribution in [0, 0.1) is 5.82 Å². The van der Waals surface area contributed by atoms with Crippen molar-refractivity contribution in [2.75, 3.05) is 19.7 Å². The quantitative estimate of drug-likeness (QED) is 0.359. The molecule has 2 aliphatic heterocycles. The number of aromatic nitrogens is 4. The lowest BCUT2D eigenvalue weighted by Crippen LogP contribution is -2.35. The third-order valence-corrected chi connectivity index (χ3v) is 7.49. The lowest BCUT2D eigenvalue weighted by Gasteiger charge is -2.32. The number of carbonyl (C=O) groups is 1. The SMILES string of the molecule is O=C(O)c1ccc2nc(CN3CCC(c4ccn(OCc5ccc(F)cc5)n4)CC3)n(C[C@@H]3CCO3)c2c1. The van der Waals surface area contributed by atoms with E-state index < -0.39 is 5.97 Å². The number of carboxylic acid groups (broad SMARTS) is 1. The lowest BCUT2D eigenvalue weighted by molar-refractivity contribution is -0.0592. The Morgan fingerprint density at radius 3 is 2.61 bits per heavy atom. The van der Waals surface area contributed by atoms with Gasteiger partial charge in [0.15, 0.2) is 0 Å². The van der Waals surface area contributed by atoms with Crippen molar-refractivity contribution in [2.24, 2.45) is 0 Å². The summed E-state index contributed by atoms with van der Waals surface area (Å²) in [6.45, 7) is 4.30. The molecule has 2 aliphatic rings. The van der Waals surface area contributed by atoms with Gasteiger partial charge in [-0.3, -0.25) is 4.90 Å². The van der Waals surface area contributed by atoms with Gasteiger partial charge < -0.3 is 19.2 Å². The van der Waals surface area contributed by atoms with Crippen LogP contribution >= 0.6 is 0 Å². The molecule has 0 bridgehead atoms. The number of halogens is 1. The van der Waals surface area contributed by atoms with Gasteiger partial charge in [0.25, 0.3) is 0 Å². The van der Waals surface area contributed by atoms with Gasteiger partial charge in [-0.25, -0.2) is 14.2 Å². The second kappa shape index (κ2) is 10.5. The van der Waals surface area contributed by atoms with Crippen LogP contribution in [0.15, 0.2) is 54.7 Å². The highest BCUT2D eigenvalue weighted by Gasteiger charge is 2.26. The number of imidazole rings is 1. The number of benzene rings is 2. The van der Waals surface area contributed by atoms with E-state index in [0.29, 0.717) is 25.6 Å². The van der Waals surface area contributed by atoms with Crippen LogP contribution in [0.4, 0.5) is 4.39 Å². The van der Waals surface area contributed by atoms with Gasteiger partial charge in [0.1, 0.15) is 18.2 Å². The Morgan fingerprint density at radius 1 is 1.11 bits per heavy atom. The van der Waals surface area contributed by atoms with Gasteiger partial charge in [-0.1, -0.05) is 12.1 Å². The van der Waals surface area contributed by atoms with E-state index in [1.165, 1.54) is 17.0 Å². The van der Waals surface area contributed by atoms with E-state index in [-0.39, 0.29) is 17.5 Å². The summed E-state index contributed by atoms with van der Waals surface area (Å²) in [5.41, 5.74) is 3.81. The molecule has 0 saturated carbocycles. The van der Waals surface area contributed by atoms with Crippen LogP contribution in [-0.2, 0) is 24.4 Å². The number of likely N-dealkylation sites (tertiary alicyclic amines) is 1. The van der Waals surface area contributed by atoms with E-state index in [2.05, 4.69) is 14.6 Å². The average molecular weight is 520 g/mol. The number of aromatic carboxylic acids is 1. The van der Waals surface area contributed by atoms with Crippen molar-refractivity contribution in [1.82, 2.24) is 24.4 Å². The van der Waals surface area contributed by atoms with E-state index in [4.69, 9.17) is 14.6 Å². The van der Waals surface area contributed by atoms with E-state index in [1.807, 2.05) is 12.3 Å². The number of hydrogen-bond acceptors (Lipinski definition) is 6. The van der Waals surface area contributed by atoms with Gasteiger partial charge in [0.05, 0.1) is 47.7 Å². The molecule has 0 amide bonds. The number of carboxylic acids is 1. The number of ether oxygens (including phenoxy) is 1. The topological polar surface area (TPSA) is 94.6 Å². The van der Waals surface area contributed by atoms with Crippen molar-refractivity contribution in [3.63, 3.8) is 0 Å². The fraction of sp³-hybridized carbons (Fsp3) is 0.393. The Kier molecular flexibility index (Phi) is 6.82. The molecular formula is C28H30FN5O4. The predicted octanol–water partition coefficient (Wildman–Crippen LogP) is 3.87. The summed E-state index contributed by atoms with van der Waals surface area (Å²) in [5, 5.41) is 14.1. The van der Waals surface area contributed by atoms with Gasteiger partial charge in [0.2, 0.25) is 0 Å².